The number of hydrogen-bond acceptors (Lipinski definition) is 3. The number of thioether (sulfide) groups is 2. The molecule has 20 heavy (non-hydrogen) atoms. The zero-order valence-electron chi connectivity index (χ0n) is 10.6. The molecule has 2 heterocycles. The van der Waals surface area contributed by atoms with Gasteiger partial charge in [0.25, 0.3) is 0 Å². The molecule has 1 fully saturated rings. The van der Waals surface area contributed by atoms with Gasteiger partial charge in [0.2, 0.25) is 0 Å². The highest BCUT2D eigenvalue weighted by atomic mass is 127. The molecule has 2 nitrogen and oxygen atoms in total. The molecule has 1 saturated heterocycles. The van der Waals surface area contributed by atoms with Crippen LogP contribution in [0.15, 0.2) is 12.1 Å². The number of aromatic nitrogens is 2. The largest absolute Gasteiger partial charge is 0.326 e. The van der Waals surface area contributed by atoms with E-state index >= 15 is 0 Å². The van der Waals surface area contributed by atoms with E-state index in [0.29, 0.717) is 14.7 Å². The third-order valence-corrected chi connectivity index (χ3v) is 7.15. The summed E-state index contributed by atoms with van der Waals surface area (Å²) in [5.74, 6) is 4.55. The normalized spacial score (nSPS) is 19.6. The summed E-state index contributed by atoms with van der Waals surface area (Å²) in [7, 11) is 0. The molecule has 0 amide bonds. The molecular weight excluding hydrogens is 430 g/mol. The number of rotatable bonds is 3. The summed E-state index contributed by atoms with van der Waals surface area (Å²) in [6.45, 7) is 0.857. The van der Waals surface area contributed by atoms with Gasteiger partial charge in [-0.1, -0.05) is 0 Å². The Morgan fingerprint density at radius 3 is 3.00 bits per heavy atom. The first-order chi connectivity index (χ1) is 9.69. The molecule has 0 aliphatic carbocycles. The van der Waals surface area contributed by atoms with Crippen molar-refractivity contribution in [1.82, 2.24) is 9.55 Å². The van der Waals surface area contributed by atoms with Gasteiger partial charge >= 0.3 is 0 Å². The van der Waals surface area contributed by atoms with Crippen molar-refractivity contribution in [3.05, 3.63) is 27.3 Å². The van der Waals surface area contributed by atoms with Gasteiger partial charge in [-0.2, -0.15) is 23.5 Å². The van der Waals surface area contributed by atoms with Crippen LogP contribution >= 0.6 is 57.7 Å². The number of halogens is 3. The summed E-state index contributed by atoms with van der Waals surface area (Å²) >= 11 is 12.0. The molecule has 0 radical (unpaired) electrons. The van der Waals surface area contributed by atoms with E-state index in [2.05, 4.69) is 9.55 Å². The lowest BCUT2D eigenvalue weighted by molar-refractivity contribution is 0.619. The summed E-state index contributed by atoms with van der Waals surface area (Å²) in [6.07, 6.45) is 0. The topological polar surface area (TPSA) is 17.8 Å². The molecule has 0 bridgehead atoms. The lowest BCUT2D eigenvalue weighted by Gasteiger charge is -2.22. The van der Waals surface area contributed by atoms with Crippen LogP contribution < -0.4 is 0 Å². The van der Waals surface area contributed by atoms with Crippen LogP contribution in [0.2, 0.25) is 0 Å². The molecule has 108 valence electrons. The molecular formula is C13H13ClFIN2S2. The minimum Gasteiger partial charge on any atom is -0.326 e. The smallest absolute Gasteiger partial charge is 0.138 e. The van der Waals surface area contributed by atoms with Gasteiger partial charge in [0.15, 0.2) is 0 Å². The quantitative estimate of drug-likeness (QED) is 0.519. The van der Waals surface area contributed by atoms with E-state index in [9.17, 15) is 4.39 Å². The van der Waals surface area contributed by atoms with Crippen LogP contribution in [-0.4, -0.2) is 32.1 Å². The van der Waals surface area contributed by atoms with Crippen molar-refractivity contribution in [2.75, 3.05) is 17.3 Å². The maximum absolute atomic E-state index is 13.8. The Kier molecular flexibility index (Phi) is 5.05. The Hall–Kier alpha value is 0.340. The molecule has 7 heteroatoms. The molecule has 2 aromatic rings. The van der Waals surface area contributed by atoms with Gasteiger partial charge in [0.05, 0.1) is 20.5 Å². The second-order valence-electron chi connectivity index (χ2n) is 4.60. The summed E-state index contributed by atoms with van der Waals surface area (Å²) in [5.41, 5.74) is 1.69. The van der Waals surface area contributed by atoms with Crippen molar-refractivity contribution in [3.63, 3.8) is 0 Å². The minimum absolute atomic E-state index is 0.189. The zero-order valence-corrected chi connectivity index (χ0v) is 15.2. The van der Waals surface area contributed by atoms with E-state index in [1.54, 1.807) is 12.1 Å². The second kappa shape index (κ2) is 6.62. The van der Waals surface area contributed by atoms with E-state index < -0.39 is 0 Å². The molecule has 3 rings (SSSR count). The van der Waals surface area contributed by atoms with Crippen molar-refractivity contribution in [2.45, 2.75) is 17.7 Å². The first-order valence-electron chi connectivity index (χ1n) is 6.28. The maximum atomic E-state index is 13.8. The van der Waals surface area contributed by atoms with Crippen molar-refractivity contribution in [1.29, 1.82) is 0 Å². The third-order valence-electron chi connectivity index (χ3n) is 3.26. The van der Waals surface area contributed by atoms with Gasteiger partial charge in [-0.25, -0.2) is 9.37 Å². The summed E-state index contributed by atoms with van der Waals surface area (Å²) in [5, 5.41) is 0.551. The van der Waals surface area contributed by atoms with Crippen molar-refractivity contribution < 1.29 is 4.39 Å². The first kappa shape index (κ1) is 15.2. The summed E-state index contributed by atoms with van der Waals surface area (Å²) < 4.78 is 16.5. The van der Waals surface area contributed by atoms with Crippen LogP contribution in [0.3, 0.4) is 0 Å². The number of alkyl halides is 1. The standard InChI is InChI=1S/C13H13ClFIN2S2/c14-5-13-17-11-4-10(16)9(15)3-12(11)18(13)6-8-7-19-1-2-20-8/h3-4,8H,1-2,5-7H2. The predicted molar refractivity (Wildman–Crippen MR) is 95.5 cm³/mol. The zero-order chi connectivity index (χ0) is 14.1. The number of nitrogens with zero attached hydrogens (tertiary/aromatic N) is 2. The average molecular weight is 443 g/mol. The number of benzene rings is 1. The number of fused-ring (bicyclic) bond motifs is 1. The fraction of sp³-hybridized carbons (Fsp3) is 0.462. The van der Waals surface area contributed by atoms with Crippen LogP contribution in [-0.2, 0) is 12.4 Å². The molecule has 1 aliphatic rings. The van der Waals surface area contributed by atoms with Crippen LogP contribution in [0, 0.1) is 9.39 Å². The van der Waals surface area contributed by atoms with Crippen LogP contribution in [0.25, 0.3) is 11.0 Å². The molecule has 1 aromatic heterocycles. The monoisotopic (exact) mass is 442 g/mol. The van der Waals surface area contributed by atoms with Crippen molar-refractivity contribution in [3.8, 4) is 0 Å². The molecule has 1 aromatic carbocycles. The number of imidazole rings is 1. The summed E-state index contributed by atoms with van der Waals surface area (Å²) in [6, 6.07) is 3.38. The average Bonchev–Trinajstić information content (AvgIpc) is 2.78. The van der Waals surface area contributed by atoms with Gasteiger partial charge in [-0.3, -0.25) is 0 Å². The molecule has 0 saturated carbocycles. The highest BCUT2D eigenvalue weighted by Crippen LogP contribution is 2.28. The van der Waals surface area contributed by atoms with E-state index in [4.69, 9.17) is 11.6 Å². The van der Waals surface area contributed by atoms with Crippen molar-refractivity contribution in [2.24, 2.45) is 0 Å². The van der Waals surface area contributed by atoms with Gasteiger partial charge in [-0.15, -0.1) is 11.6 Å². The highest BCUT2D eigenvalue weighted by Gasteiger charge is 2.19. The Labute approximate surface area is 144 Å². The van der Waals surface area contributed by atoms with Gasteiger partial charge in [0, 0.05) is 35.1 Å². The Morgan fingerprint density at radius 2 is 2.30 bits per heavy atom. The SMILES string of the molecule is Fc1cc2c(cc1I)nc(CCl)n2CC1CSCCS1. The Bertz CT molecular complexity index is 628. The van der Waals surface area contributed by atoms with E-state index in [1.165, 1.54) is 11.5 Å². The van der Waals surface area contributed by atoms with Crippen LogP contribution in [0.4, 0.5) is 4.39 Å². The molecule has 1 aliphatic heterocycles. The fourth-order valence-electron chi connectivity index (χ4n) is 2.32. The molecule has 1 unspecified atom stereocenters. The first-order valence-corrected chi connectivity index (χ1v) is 10.1. The Morgan fingerprint density at radius 1 is 1.45 bits per heavy atom. The maximum Gasteiger partial charge on any atom is 0.138 e. The predicted octanol–water partition coefficient (Wildman–Crippen LogP) is 4.37. The third kappa shape index (κ3) is 3.08. The lowest BCUT2D eigenvalue weighted by atomic mass is 10.3. The molecule has 0 N–H and O–H groups in total. The van der Waals surface area contributed by atoms with E-state index in [0.717, 1.165) is 29.2 Å². The van der Waals surface area contributed by atoms with Gasteiger partial charge in [0.1, 0.15) is 11.6 Å². The molecule has 1 atom stereocenters. The summed E-state index contributed by atoms with van der Waals surface area (Å²) in [4.78, 5) is 4.54. The number of hydrogen-bond donors (Lipinski definition) is 0. The minimum atomic E-state index is -0.189. The van der Waals surface area contributed by atoms with E-state index in [1.807, 2.05) is 46.1 Å². The van der Waals surface area contributed by atoms with E-state index in [-0.39, 0.29) is 5.82 Å². The van der Waals surface area contributed by atoms with Crippen LogP contribution in [0.1, 0.15) is 5.82 Å². The molecule has 0 spiro atoms. The second-order valence-corrected chi connectivity index (χ2v) is 8.58. The Balaban J connectivity index is 2.00. The fourth-order valence-corrected chi connectivity index (χ4v) is 5.63. The van der Waals surface area contributed by atoms with Gasteiger partial charge in [-0.05, 0) is 28.7 Å². The lowest BCUT2D eigenvalue weighted by Crippen LogP contribution is -2.21. The highest BCUT2D eigenvalue weighted by molar-refractivity contribution is 14.1. The van der Waals surface area contributed by atoms with Gasteiger partial charge < -0.3 is 4.57 Å². The van der Waals surface area contributed by atoms with Crippen LogP contribution in [0.5, 0.6) is 0 Å². The van der Waals surface area contributed by atoms with Crippen molar-refractivity contribution >= 4 is 68.7 Å².